The van der Waals surface area contributed by atoms with Gasteiger partial charge in [0.2, 0.25) is 0 Å². The van der Waals surface area contributed by atoms with E-state index in [1.807, 2.05) is 10.8 Å². The van der Waals surface area contributed by atoms with E-state index < -0.39 is 5.82 Å². The number of rotatable bonds is 3. The summed E-state index contributed by atoms with van der Waals surface area (Å²) in [6.07, 6.45) is 8.35. The highest BCUT2D eigenvalue weighted by Crippen LogP contribution is 2.30. The Morgan fingerprint density at radius 3 is 3.00 bits per heavy atom. The van der Waals surface area contributed by atoms with E-state index in [1.165, 1.54) is 6.07 Å². The van der Waals surface area contributed by atoms with Gasteiger partial charge in [-0.25, -0.2) is 9.37 Å². The lowest BCUT2D eigenvalue weighted by Gasteiger charge is -2.22. The fourth-order valence-corrected chi connectivity index (χ4v) is 2.98. The third-order valence-corrected chi connectivity index (χ3v) is 4.07. The van der Waals surface area contributed by atoms with Gasteiger partial charge in [-0.15, -0.1) is 0 Å². The second-order valence-electron chi connectivity index (χ2n) is 5.57. The molecule has 1 amide bonds. The first-order valence-electron chi connectivity index (χ1n) is 7.19. The fraction of sp³-hybridized carbons (Fsp3) is 0.375. The maximum absolute atomic E-state index is 13.9. The molecule has 1 aliphatic carbocycles. The molecule has 0 radical (unpaired) electrons. The minimum Gasteiger partial charge on any atom is -0.347 e. The van der Waals surface area contributed by atoms with Crippen molar-refractivity contribution in [2.24, 2.45) is 0 Å². The van der Waals surface area contributed by atoms with E-state index in [1.54, 1.807) is 31.6 Å². The van der Waals surface area contributed by atoms with Crippen molar-refractivity contribution in [1.29, 1.82) is 0 Å². The van der Waals surface area contributed by atoms with Gasteiger partial charge in [-0.3, -0.25) is 4.79 Å². The first-order valence-corrected chi connectivity index (χ1v) is 7.19. The average Bonchev–Trinajstić information content (AvgIpc) is 3.08. The topological polar surface area (TPSA) is 46.9 Å². The molecule has 1 N–H and O–H groups in total. The van der Waals surface area contributed by atoms with Crippen molar-refractivity contribution in [3.05, 3.63) is 53.9 Å². The first-order chi connectivity index (χ1) is 10.1. The minimum absolute atomic E-state index is 0.0207. The van der Waals surface area contributed by atoms with E-state index in [-0.39, 0.29) is 23.6 Å². The second-order valence-corrected chi connectivity index (χ2v) is 5.57. The van der Waals surface area contributed by atoms with Crippen molar-refractivity contribution in [3.63, 3.8) is 0 Å². The quantitative estimate of drug-likeness (QED) is 0.943. The van der Waals surface area contributed by atoms with Crippen molar-refractivity contribution < 1.29 is 9.18 Å². The number of hydrogen-bond donors (Lipinski definition) is 1. The van der Waals surface area contributed by atoms with Crippen LogP contribution in [0.4, 0.5) is 4.39 Å². The number of hydrogen-bond acceptors (Lipinski definition) is 2. The summed E-state index contributed by atoms with van der Waals surface area (Å²) in [5, 5.41) is 2.97. The van der Waals surface area contributed by atoms with Crippen molar-refractivity contribution in [1.82, 2.24) is 14.9 Å². The number of imidazole rings is 1. The largest absolute Gasteiger partial charge is 0.347 e. The van der Waals surface area contributed by atoms with E-state index in [0.29, 0.717) is 0 Å². The van der Waals surface area contributed by atoms with Crippen LogP contribution in [-0.2, 0) is 0 Å². The van der Waals surface area contributed by atoms with Crippen LogP contribution in [0.2, 0.25) is 0 Å². The summed E-state index contributed by atoms with van der Waals surface area (Å²) >= 11 is 0. The zero-order chi connectivity index (χ0) is 14.8. The number of nitrogens with one attached hydrogen (secondary N) is 1. The Kier molecular flexibility index (Phi) is 3.73. The predicted molar refractivity (Wildman–Crippen MR) is 77.5 cm³/mol. The summed E-state index contributed by atoms with van der Waals surface area (Å²) in [5.74, 6) is -0.811. The highest BCUT2D eigenvalue weighted by molar-refractivity contribution is 5.94. The number of amides is 1. The number of halogens is 1. The van der Waals surface area contributed by atoms with Crippen molar-refractivity contribution >= 4 is 5.91 Å². The van der Waals surface area contributed by atoms with Crippen LogP contribution in [0.3, 0.4) is 0 Å². The van der Waals surface area contributed by atoms with Crippen LogP contribution in [0, 0.1) is 12.7 Å². The summed E-state index contributed by atoms with van der Waals surface area (Å²) in [6, 6.07) is 4.90. The van der Waals surface area contributed by atoms with Crippen LogP contribution in [0.5, 0.6) is 0 Å². The van der Waals surface area contributed by atoms with Crippen LogP contribution in [0.15, 0.2) is 36.9 Å². The Morgan fingerprint density at radius 1 is 1.43 bits per heavy atom. The molecule has 0 aliphatic heterocycles. The maximum Gasteiger partial charge on any atom is 0.254 e. The van der Waals surface area contributed by atoms with Gasteiger partial charge in [0.15, 0.2) is 0 Å². The zero-order valence-electron chi connectivity index (χ0n) is 11.9. The molecule has 0 saturated heterocycles. The molecule has 4 nitrogen and oxygen atoms in total. The van der Waals surface area contributed by atoms with Crippen LogP contribution in [-0.4, -0.2) is 21.5 Å². The molecule has 1 aromatic heterocycles. The van der Waals surface area contributed by atoms with E-state index in [0.717, 1.165) is 24.8 Å². The average molecular weight is 287 g/mol. The van der Waals surface area contributed by atoms with Crippen molar-refractivity contribution in [2.45, 2.75) is 38.3 Å². The normalized spacial score (nSPS) is 21.4. The van der Waals surface area contributed by atoms with E-state index >= 15 is 0 Å². The molecule has 2 unspecified atom stereocenters. The lowest BCUT2D eigenvalue weighted by atomic mass is 10.1. The molecule has 5 heteroatoms. The Balaban J connectivity index is 1.75. The number of carbonyl (C=O) groups excluding carboxylic acids is 1. The predicted octanol–water partition coefficient (Wildman–Crippen LogP) is 2.85. The highest BCUT2D eigenvalue weighted by Gasteiger charge is 2.30. The third kappa shape index (κ3) is 2.82. The molecule has 1 heterocycles. The van der Waals surface area contributed by atoms with Gasteiger partial charge in [0.1, 0.15) is 5.82 Å². The maximum atomic E-state index is 13.9. The van der Waals surface area contributed by atoms with Gasteiger partial charge in [0.25, 0.3) is 5.91 Å². The molecule has 2 aromatic rings. The van der Waals surface area contributed by atoms with Crippen LogP contribution in [0.25, 0.3) is 0 Å². The Labute approximate surface area is 123 Å². The Hall–Kier alpha value is -2.17. The standard InChI is InChI=1S/C16H18FN3O/c1-11-5-6-12(13(17)9-11)16(21)19-14-3-2-4-15(14)20-8-7-18-10-20/h5-10,14-15H,2-4H2,1H3,(H,19,21). The summed E-state index contributed by atoms with van der Waals surface area (Å²) in [7, 11) is 0. The number of aryl methyl sites for hydroxylation is 1. The number of nitrogens with zero attached hydrogens (tertiary/aromatic N) is 2. The van der Waals surface area contributed by atoms with Crippen LogP contribution >= 0.6 is 0 Å². The first kappa shape index (κ1) is 13.8. The second kappa shape index (κ2) is 5.68. The molecule has 0 bridgehead atoms. The van der Waals surface area contributed by atoms with Gasteiger partial charge >= 0.3 is 0 Å². The molecule has 0 spiro atoms. The van der Waals surface area contributed by atoms with Gasteiger partial charge in [-0.05, 0) is 43.9 Å². The summed E-state index contributed by atoms with van der Waals surface area (Å²) in [4.78, 5) is 16.3. The molecule has 3 rings (SSSR count). The molecule has 1 saturated carbocycles. The lowest BCUT2D eigenvalue weighted by molar-refractivity contribution is 0.0925. The summed E-state index contributed by atoms with van der Waals surface area (Å²) < 4.78 is 15.9. The zero-order valence-corrected chi connectivity index (χ0v) is 11.9. The SMILES string of the molecule is Cc1ccc(C(=O)NC2CCCC2n2ccnc2)c(F)c1. The van der Waals surface area contributed by atoms with Crippen molar-refractivity contribution in [3.8, 4) is 0 Å². The van der Waals surface area contributed by atoms with E-state index in [2.05, 4.69) is 10.3 Å². The monoisotopic (exact) mass is 287 g/mol. The molecule has 1 aromatic carbocycles. The van der Waals surface area contributed by atoms with Crippen LogP contribution < -0.4 is 5.32 Å². The van der Waals surface area contributed by atoms with E-state index in [9.17, 15) is 9.18 Å². The lowest BCUT2D eigenvalue weighted by Crippen LogP contribution is -2.38. The molecule has 110 valence electrons. The molecule has 1 aliphatic rings. The third-order valence-electron chi connectivity index (χ3n) is 4.07. The van der Waals surface area contributed by atoms with Crippen molar-refractivity contribution in [2.75, 3.05) is 0 Å². The fourth-order valence-electron chi connectivity index (χ4n) is 2.98. The van der Waals surface area contributed by atoms with Gasteiger partial charge in [0.05, 0.1) is 17.9 Å². The molecular formula is C16H18FN3O. The highest BCUT2D eigenvalue weighted by atomic mass is 19.1. The summed E-state index contributed by atoms with van der Waals surface area (Å²) in [5.41, 5.74) is 0.915. The molecule has 1 fully saturated rings. The molecular weight excluding hydrogens is 269 g/mol. The van der Waals surface area contributed by atoms with Gasteiger partial charge in [0, 0.05) is 18.4 Å². The number of benzene rings is 1. The molecule has 21 heavy (non-hydrogen) atoms. The minimum atomic E-state index is -0.468. The van der Waals surface area contributed by atoms with Crippen LogP contribution in [0.1, 0.15) is 41.2 Å². The van der Waals surface area contributed by atoms with Gasteiger partial charge in [-0.1, -0.05) is 6.07 Å². The Bertz CT molecular complexity index is 639. The van der Waals surface area contributed by atoms with Gasteiger partial charge in [-0.2, -0.15) is 0 Å². The smallest absolute Gasteiger partial charge is 0.254 e. The van der Waals surface area contributed by atoms with E-state index in [4.69, 9.17) is 0 Å². The number of carbonyl (C=O) groups is 1. The molecule has 2 atom stereocenters. The summed E-state index contributed by atoms with van der Waals surface area (Å²) in [6.45, 7) is 1.80. The van der Waals surface area contributed by atoms with Gasteiger partial charge < -0.3 is 9.88 Å². The Morgan fingerprint density at radius 2 is 2.29 bits per heavy atom. The number of aromatic nitrogens is 2.